The highest BCUT2D eigenvalue weighted by Gasteiger charge is 2.22. The summed E-state index contributed by atoms with van der Waals surface area (Å²) in [6.45, 7) is 0.745. The van der Waals surface area contributed by atoms with E-state index in [0.717, 1.165) is 31.6 Å². The molecule has 1 aliphatic rings. The van der Waals surface area contributed by atoms with Gasteiger partial charge in [0, 0.05) is 12.2 Å². The molecule has 0 bridgehead atoms. The van der Waals surface area contributed by atoms with Crippen LogP contribution in [-0.4, -0.2) is 11.6 Å². The summed E-state index contributed by atoms with van der Waals surface area (Å²) in [6, 6.07) is 11.2. The van der Waals surface area contributed by atoms with Crippen molar-refractivity contribution in [3.05, 3.63) is 47.9 Å². The number of nitrogen functional groups attached to an aromatic ring is 1. The molecule has 1 saturated heterocycles. The number of nitrogens with two attached hydrogens (primary N) is 1. The summed E-state index contributed by atoms with van der Waals surface area (Å²) >= 11 is 0. The standard InChI is InChI=1S/C19H17N3O3/c20-11-13-12(10-14(22-19(13)21)16-5-3-9-23-16)15-6-7-18(25-15)17-4-1-2-8-24-17/h3,5-7,9-10,17H,1-2,4,8H2,(H2,21,22). The van der Waals surface area contributed by atoms with E-state index in [2.05, 4.69) is 11.1 Å². The van der Waals surface area contributed by atoms with E-state index in [-0.39, 0.29) is 11.9 Å². The second kappa shape index (κ2) is 6.46. The van der Waals surface area contributed by atoms with Crippen molar-refractivity contribution in [2.24, 2.45) is 0 Å². The molecule has 0 radical (unpaired) electrons. The van der Waals surface area contributed by atoms with Crippen LogP contribution in [0, 0.1) is 11.3 Å². The van der Waals surface area contributed by atoms with Gasteiger partial charge >= 0.3 is 0 Å². The van der Waals surface area contributed by atoms with E-state index in [0.29, 0.717) is 28.3 Å². The lowest BCUT2D eigenvalue weighted by Crippen LogP contribution is -2.10. The second-order valence-electron chi connectivity index (χ2n) is 5.96. The Morgan fingerprint density at radius 2 is 2.12 bits per heavy atom. The van der Waals surface area contributed by atoms with Crippen LogP contribution in [-0.2, 0) is 4.74 Å². The number of rotatable bonds is 3. The van der Waals surface area contributed by atoms with Crippen LogP contribution in [0.25, 0.3) is 22.8 Å². The Morgan fingerprint density at radius 3 is 2.84 bits per heavy atom. The van der Waals surface area contributed by atoms with Crippen LogP contribution >= 0.6 is 0 Å². The van der Waals surface area contributed by atoms with Gasteiger partial charge in [-0.2, -0.15) is 5.26 Å². The van der Waals surface area contributed by atoms with Crippen LogP contribution in [0.4, 0.5) is 5.82 Å². The minimum absolute atomic E-state index is 0.0308. The van der Waals surface area contributed by atoms with Crippen LogP contribution < -0.4 is 5.73 Å². The molecule has 3 aromatic rings. The molecule has 2 N–H and O–H groups in total. The topological polar surface area (TPSA) is 98.2 Å². The number of ether oxygens (including phenoxy) is 1. The molecule has 4 rings (SSSR count). The first kappa shape index (κ1) is 15.5. The zero-order valence-electron chi connectivity index (χ0n) is 13.6. The summed E-state index contributed by atoms with van der Waals surface area (Å²) in [5, 5.41) is 9.48. The lowest BCUT2D eigenvalue weighted by atomic mass is 10.1. The van der Waals surface area contributed by atoms with E-state index in [1.54, 1.807) is 24.5 Å². The smallest absolute Gasteiger partial charge is 0.152 e. The number of pyridine rings is 1. The molecule has 1 aliphatic heterocycles. The Morgan fingerprint density at radius 1 is 1.20 bits per heavy atom. The van der Waals surface area contributed by atoms with Gasteiger partial charge in [-0.05, 0) is 49.6 Å². The van der Waals surface area contributed by atoms with Gasteiger partial charge in [0.05, 0.1) is 6.26 Å². The Hall–Kier alpha value is -3.04. The fraction of sp³-hybridized carbons (Fsp3) is 0.263. The maximum absolute atomic E-state index is 9.48. The van der Waals surface area contributed by atoms with Crippen LogP contribution in [0.3, 0.4) is 0 Å². The molecule has 0 aromatic carbocycles. The number of furan rings is 2. The van der Waals surface area contributed by atoms with Crippen molar-refractivity contribution in [2.45, 2.75) is 25.4 Å². The lowest BCUT2D eigenvalue weighted by Gasteiger charge is -2.20. The molecule has 0 amide bonds. The number of hydrogen-bond acceptors (Lipinski definition) is 6. The van der Waals surface area contributed by atoms with Gasteiger partial charge < -0.3 is 19.3 Å². The van der Waals surface area contributed by atoms with Crippen LogP contribution in [0.1, 0.15) is 36.7 Å². The van der Waals surface area contributed by atoms with Crippen molar-refractivity contribution in [1.82, 2.24) is 4.98 Å². The average molecular weight is 335 g/mol. The number of anilines is 1. The fourth-order valence-electron chi connectivity index (χ4n) is 3.06. The molecular formula is C19H17N3O3. The van der Waals surface area contributed by atoms with Gasteiger partial charge in [-0.25, -0.2) is 4.98 Å². The molecule has 0 saturated carbocycles. The van der Waals surface area contributed by atoms with Crippen molar-refractivity contribution in [2.75, 3.05) is 12.3 Å². The lowest BCUT2D eigenvalue weighted by molar-refractivity contribution is 0.00222. The Labute approximate surface area is 144 Å². The molecule has 6 heteroatoms. The highest BCUT2D eigenvalue weighted by atomic mass is 16.5. The molecule has 1 fully saturated rings. The predicted octanol–water partition coefficient (Wildman–Crippen LogP) is 4.30. The molecule has 0 aliphatic carbocycles. The average Bonchev–Trinajstić information content (AvgIpc) is 3.34. The van der Waals surface area contributed by atoms with Gasteiger partial charge in [-0.3, -0.25) is 0 Å². The van der Waals surface area contributed by atoms with E-state index in [1.165, 1.54) is 0 Å². The molecule has 126 valence electrons. The van der Waals surface area contributed by atoms with Gasteiger partial charge in [0.2, 0.25) is 0 Å². The predicted molar refractivity (Wildman–Crippen MR) is 91.3 cm³/mol. The first-order valence-electron chi connectivity index (χ1n) is 8.22. The highest BCUT2D eigenvalue weighted by Crippen LogP contribution is 2.35. The van der Waals surface area contributed by atoms with Crippen molar-refractivity contribution >= 4 is 5.82 Å². The molecular weight excluding hydrogens is 318 g/mol. The van der Waals surface area contributed by atoms with E-state index >= 15 is 0 Å². The molecule has 1 unspecified atom stereocenters. The number of nitriles is 1. The molecule has 3 aromatic heterocycles. The van der Waals surface area contributed by atoms with Crippen molar-refractivity contribution in [3.8, 4) is 28.8 Å². The van der Waals surface area contributed by atoms with Gasteiger partial charge in [0.15, 0.2) is 5.76 Å². The summed E-state index contributed by atoms with van der Waals surface area (Å²) in [6.07, 6.45) is 4.67. The van der Waals surface area contributed by atoms with E-state index in [9.17, 15) is 5.26 Å². The summed E-state index contributed by atoms with van der Waals surface area (Å²) in [5.74, 6) is 2.08. The first-order valence-corrected chi connectivity index (χ1v) is 8.22. The largest absolute Gasteiger partial charge is 0.463 e. The third-order valence-electron chi connectivity index (χ3n) is 4.32. The first-order chi connectivity index (χ1) is 12.3. The quantitative estimate of drug-likeness (QED) is 0.766. The van der Waals surface area contributed by atoms with E-state index in [4.69, 9.17) is 19.3 Å². The number of aromatic nitrogens is 1. The molecule has 6 nitrogen and oxygen atoms in total. The number of hydrogen-bond donors (Lipinski definition) is 1. The van der Waals surface area contributed by atoms with Gasteiger partial charge in [-0.15, -0.1) is 0 Å². The van der Waals surface area contributed by atoms with Gasteiger partial charge in [-0.1, -0.05) is 0 Å². The van der Waals surface area contributed by atoms with Crippen molar-refractivity contribution < 1.29 is 13.6 Å². The van der Waals surface area contributed by atoms with Gasteiger partial charge in [0.1, 0.15) is 40.8 Å². The zero-order valence-corrected chi connectivity index (χ0v) is 13.6. The minimum atomic E-state index is -0.0308. The van der Waals surface area contributed by atoms with E-state index in [1.807, 2.05) is 12.1 Å². The fourth-order valence-corrected chi connectivity index (χ4v) is 3.06. The molecule has 25 heavy (non-hydrogen) atoms. The minimum Gasteiger partial charge on any atom is -0.463 e. The highest BCUT2D eigenvalue weighted by molar-refractivity contribution is 5.76. The van der Waals surface area contributed by atoms with Crippen molar-refractivity contribution in [3.63, 3.8) is 0 Å². The molecule has 4 heterocycles. The second-order valence-corrected chi connectivity index (χ2v) is 5.96. The Balaban J connectivity index is 1.76. The summed E-state index contributed by atoms with van der Waals surface area (Å²) in [5.41, 5.74) is 7.44. The Bertz CT molecular complexity index is 916. The molecule has 0 spiro atoms. The van der Waals surface area contributed by atoms with Crippen LogP contribution in [0.15, 0.2) is 45.4 Å². The SMILES string of the molecule is N#Cc1c(-c2ccc(C3CCCCO3)o2)cc(-c2ccco2)nc1N. The normalized spacial score (nSPS) is 17.3. The summed E-state index contributed by atoms with van der Waals surface area (Å²) < 4.78 is 17.1. The summed E-state index contributed by atoms with van der Waals surface area (Å²) in [4.78, 5) is 4.26. The third-order valence-corrected chi connectivity index (χ3v) is 4.32. The van der Waals surface area contributed by atoms with Crippen molar-refractivity contribution in [1.29, 1.82) is 5.26 Å². The third kappa shape index (κ3) is 2.90. The summed E-state index contributed by atoms with van der Waals surface area (Å²) in [7, 11) is 0. The van der Waals surface area contributed by atoms with Gasteiger partial charge in [0.25, 0.3) is 0 Å². The maximum Gasteiger partial charge on any atom is 0.152 e. The number of nitrogens with zero attached hydrogens (tertiary/aromatic N) is 2. The maximum atomic E-state index is 9.48. The monoisotopic (exact) mass is 335 g/mol. The van der Waals surface area contributed by atoms with E-state index < -0.39 is 0 Å². The Kier molecular flexibility index (Phi) is 4.00. The van der Waals surface area contributed by atoms with Crippen LogP contribution in [0.5, 0.6) is 0 Å². The zero-order chi connectivity index (χ0) is 17.2. The van der Waals surface area contributed by atoms with Crippen LogP contribution in [0.2, 0.25) is 0 Å². The molecule has 1 atom stereocenters.